The Morgan fingerprint density at radius 2 is 1.69 bits per heavy atom. The number of nitrogens with zero attached hydrogens (tertiary/aromatic N) is 2. The molecule has 0 unspecified atom stereocenters. The second-order valence-electron chi connectivity index (χ2n) is 7.75. The van der Waals surface area contributed by atoms with Gasteiger partial charge in [0.15, 0.2) is 11.2 Å². The van der Waals surface area contributed by atoms with E-state index in [1.807, 2.05) is 0 Å². The third-order valence-corrected chi connectivity index (χ3v) is 5.82. The average Bonchev–Trinajstić information content (AvgIpc) is 3.39. The van der Waals surface area contributed by atoms with Crippen LogP contribution in [0.2, 0.25) is 0 Å². The molecule has 11 heteroatoms. The molecular formula is C24H25N3O8. The van der Waals surface area contributed by atoms with E-state index in [-0.39, 0.29) is 48.6 Å². The maximum Gasteiger partial charge on any atom is 0.337 e. The summed E-state index contributed by atoms with van der Waals surface area (Å²) < 4.78 is 21.1. The molecule has 1 aliphatic heterocycles. The zero-order valence-electron chi connectivity index (χ0n) is 19.6. The molecule has 2 aliphatic rings. The van der Waals surface area contributed by atoms with Crippen molar-refractivity contribution in [3.8, 4) is 11.3 Å². The molecule has 2 aromatic rings. The Morgan fingerprint density at radius 1 is 1.03 bits per heavy atom. The van der Waals surface area contributed by atoms with Gasteiger partial charge in [0.1, 0.15) is 12.2 Å². The van der Waals surface area contributed by atoms with E-state index < -0.39 is 42.2 Å². The van der Waals surface area contributed by atoms with Crippen molar-refractivity contribution in [3.05, 3.63) is 46.8 Å². The molecule has 4 rings (SSSR count). The summed E-state index contributed by atoms with van der Waals surface area (Å²) in [6, 6.07) is 6.61. The van der Waals surface area contributed by atoms with Crippen molar-refractivity contribution in [1.29, 1.82) is 0 Å². The van der Waals surface area contributed by atoms with Crippen molar-refractivity contribution in [2.24, 2.45) is 0 Å². The minimum Gasteiger partial charge on any atom is -0.466 e. The molecule has 0 fully saturated rings. The fourth-order valence-corrected chi connectivity index (χ4v) is 4.67. The van der Waals surface area contributed by atoms with E-state index in [1.165, 1.54) is 0 Å². The number of anilines is 1. The molecule has 0 saturated carbocycles. The number of amides is 1. The molecule has 0 saturated heterocycles. The summed E-state index contributed by atoms with van der Waals surface area (Å²) >= 11 is 0. The van der Waals surface area contributed by atoms with Gasteiger partial charge in [0, 0.05) is 11.3 Å². The molecule has 1 spiro atoms. The van der Waals surface area contributed by atoms with Crippen LogP contribution >= 0.6 is 0 Å². The number of hydrogen-bond donors (Lipinski definition) is 1. The summed E-state index contributed by atoms with van der Waals surface area (Å²) in [5.41, 5.74) is 4.87. The first-order chi connectivity index (χ1) is 16.8. The minimum absolute atomic E-state index is 0.00657. The molecule has 1 aliphatic carbocycles. The third kappa shape index (κ3) is 3.63. The summed E-state index contributed by atoms with van der Waals surface area (Å²) in [4.78, 5) is 58.1. The first kappa shape index (κ1) is 24.0. The molecule has 0 bridgehead atoms. The molecule has 2 N–H and O–H groups in total. The van der Waals surface area contributed by atoms with Gasteiger partial charge in [0.25, 0.3) is 6.01 Å². The van der Waals surface area contributed by atoms with Crippen molar-refractivity contribution in [2.75, 3.05) is 32.1 Å². The highest BCUT2D eigenvalue weighted by atomic mass is 16.5. The number of oxazole rings is 1. The number of nitrogen functional groups attached to an aromatic ring is 1. The van der Waals surface area contributed by atoms with Gasteiger partial charge in [-0.05, 0) is 26.3 Å². The fourth-order valence-electron chi connectivity index (χ4n) is 4.67. The number of hydrogen-bond acceptors (Lipinski definition) is 10. The maximum atomic E-state index is 14.3. The molecule has 1 atom stereocenters. The summed E-state index contributed by atoms with van der Waals surface area (Å²) in [7, 11) is 0. The number of rotatable bonds is 8. The van der Waals surface area contributed by atoms with Gasteiger partial charge < -0.3 is 29.3 Å². The third-order valence-electron chi connectivity index (χ3n) is 5.82. The van der Waals surface area contributed by atoms with E-state index in [2.05, 4.69) is 4.98 Å². The van der Waals surface area contributed by atoms with E-state index in [1.54, 1.807) is 45.0 Å². The lowest BCUT2D eigenvalue weighted by Crippen LogP contribution is -2.44. The second-order valence-corrected chi connectivity index (χ2v) is 7.75. The average molecular weight is 483 g/mol. The van der Waals surface area contributed by atoms with Crippen LogP contribution in [0.15, 0.2) is 40.0 Å². The van der Waals surface area contributed by atoms with Gasteiger partial charge in [-0.3, -0.25) is 14.4 Å². The molecule has 1 amide bonds. The highest BCUT2D eigenvalue weighted by Crippen LogP contribution is 2.58. The van der Waals surface area contributed by atoms with Crippen molar-refractivity contribution in [2.45, 2.75) is 32.6 Å². The monoisotopic (exact) mass is 483 g/mol. The van der Waals surface area contributed by atoms with Crippen LogP contribution in [0.4, 0.5) is 6.01 Å². The van der Waals surface area contributed by atoms with Crippen LogP contribution < -0.4 is 5.73 Å². The summed E-state index contributed by atoms with van der Waals surface area (Å²) in [6.45, 7) is 4.52. The van der Waals surface area contributed by atoms with Gasteiger partial charge in [-0.2, -0.15) is 4.98 Å². The van der Waals surface area contributed by atoms with Crippen LogP contribution in [-0.2, 0) is 38.8 Å². The van der Waals surface area contributed by atoms with E-state index in [0.29, 0.717) is 11.1 Å². The molecular weight excluding hydrogens is 458 g/mol. The van der Waals surface area contributed by atoms with Gasteiger partial charge >= 0.3 is 17.9 Å². The van der Waals surface area contributed by atoms with Gasteiger partial charge in [0.05, 0.1) is 31.8 Å². The van der Waals surface area contributed by atoms with Crippen molar-refractivity contribution < 1.29 is 37.8 Å². The molecule has 1 aromatic heterocycles. The number of carbonyl (C=O) groups is 4. The Labute approximate surface area is 200 Å². The highest BCUT2D eigenvalue weighted by molar-refractivity contribution is 6.15. The Hall–Kier alpha value is -4.15. The Balaban J connectivity index is 2.03. The van der Waals surface area contributed by atoms with Crippen LogP contribution in [-0.4, -0.2) is 60.1 Å². The van der Waals surface area contributed by atoms with Crippen molar-refractivity contribution >= 4 is 29.8 Å². The SMILES string of the molecule is CCOC(=O)CC1=C(C(=O)OCC)[C@]2(C(=O)N1CC(=O)OCC)c1ccccc1-c1oc(N)nc12. The zero-order valence-corrected chi connectivity index (χ0v) is 19.6. The number of carbonyl (C=O) groups excluding carboxylic acids is 4. The molecule has 2 heterocycles. The Bertz CT molecular complexity index is 1250. The fraction of sp³-hybridized carbons (Fsp3) is 0.375. The van der Waals surface area contributed by atoms with E-state index in [4.69, 9.17) is 24.4 Å². The van der Waals surface area contributed by atoms with Gasteiger partial charge in [-0.1, -0.05) is 24.3 Å². The molecule has 184 valence electrons. The molecule has 0 radical (unpaired) electrons. The van der Waals surface area contributed by atoms with Crippen LogP contribution in [0, 0.1) is 0 Å². The van der Waals surface area contributed by atoms with E-state index >= 15 is 0 Å². The van der Waals surface area contributed by atoms with Crippen LogP contribution in [0.3, 0.4) is 0 Å². The van der Waals surface area contributed by atoms with Crippen LogP contribution in [0.25, 0.3) is 11.3 Å². The lowest BCUT2D eigenvalue weighted by Gasteiger charge is -2.26. The standard InChI is InChI=1S/C24H25N3O8/c1-4-32-16(28)11-15-18(21(30)34-6-3)24(22(31)27(15)12-17(29)33-5-2)14-10-8-7-9-13(14)19-20(24)26-23(25)35-19/h7-10H,4-6,11-12H2,1-3H3,(H2,25,26)/t24-/m1/s1. The first-order valence-corrected chi connectivity index (χ1v) is 11.2. The summed E-state index contributed by atoms with van der Waals surface area (Å²) in [6.07, 6.45) is -0.459. The predicted molar refractivity (Wildman–Crippen MR) is 120 cm³/mol. The molecule has 1 aromatic carbocycles. The molecule has 35 heavy (non-hydrogen) atoms. The Morgan fingerprint density at radius 3 is 2.37 bits per heavy atom. The van der Waals surface area contributed by atoms with E-state index in [0.717, 1.165) is 4.90 Å². The number of benzene rings is 1. The van der Waals surface area contributed by atoms with Gasteiger partial charge in [0.2, 0.25) is 5.91 Å². The summed E-state index contributed by atoms with van der Waals surface area (Å²) in [5, 5.41) is 0. The lowest BCUT2D eigenvalue weighted by molar-refractivity contribution is -0.149. The number of ether oxygens (including phenoxy) is 3. The number of nitrogens with two attached hydrogens (primary N) is 1. The normalized spacial score (nSPS) is 18.0. The highest BCUT2D eigenvalue weighted by Gasteiger charge is 2.64. The molecule has 11 nitrogen and oxygen atoms in total. The second kappa shape index (κ2) is 9.24. The van der Waals surface area contributed by atoms with Crippen LogP contribution in [0.5, 0.6) is 0 Å². The minimum atomic E-state index is -1.83. The van der Waals surface area contributed by atoms with Crippen molar-refractivity contribution in [3.63, 3.8) is 0 Å². The first-order valence-electron chi connectivity index (χ1n) is 11.2. The number of esters is 3. The maximum absolute atomic E-state index is 14.3. The van der Waals surface area contributed by atoms with Crippen LogP contribution in [0.1, 0.15) is 38.4 Å². The summed E-state index contributed by atoms with van der Waals surface area (Å²) in [5.74, 6) is -2.69. The predicted octanol–water partition coefficient (Wildman–Crippen LogP) is 1.70. The smallest absolute Gasteiger partial charge is 0.337 e. The topological polar surface area (TPSA) is 151 Å². The Kier molecular flexibility index (Phi) is 6.33. The van der Waals surface area contributed by atoms with Crippen molar-refractivity contribution in [1.82, 2.24) is 9.88 Å². The van der Waals surface area contributed by atoms with E-state index in [9.17, 15) is 19.2 Å². The van der Waals surface area contributed by atoms with Gasteiger partial charge in [-0.15, -0.1) is 0 Å². The number of aromatic nitrogens is 1. The largest absolute Gasteiger partial charge is 0.466 e. The zero-order chi connectivity index (χ0) is 25.3. The number of fused-ring (bicyclic) bond motifs is 5. The van der Waals surface area contributed by atoms with Gasteiger partial charge in [-0.25, -0.2) is 4.79 Å². The quantitative estimate of drug-likeness (QED) is 0.434. The lowest BCUT2D eigenvalue weighted by atomic mass is 9.74.